The molecule has 0 bridgehead atoms. The van der Waals surface area contributed by atoms with Gasteiger partial charge in [0, 0.05) is 22.2 Å². The normalized spacial score (nSPS) is 11.1. The summed E-state index contributed by atoms with van der Waals surface area (Å²) in [5.74, 6) is -9.09. The molecule has 0 spiro atoms. The molecule has 4 aromatic carbocycles. The summed E-state index contributed by atoms with van der Waals surface area (Å²) in [6, 6.07) is 23.7. The van der Waals surface area contributed by atoms with Gasteiger partial charge in [-0.3, -0.25) is 14.4 Å². The van der Waals surface area contributed by atoms with Gasteiger partial charge in [-0.25, -0.2) is 17.6 Å². The molecule has 3 N–H and O–H groups in total. The van der Waals surface area contributed by atoms with E-state index < -0.39 is 46.7 Å². The van der Waals surface area contributed by atoms with E-state index in [1.165, 1.54) is 12.1 Å². The highest BCUT2D eigenvalue weighted by molar-refractivity contribution is 8.00. The van der Waals surface area contributed by atoms with Crippen LogP contribution in [0.5, 0.6) is 0 Å². The van der Waals surface area contributed by atoms with Gasteiger partial charge < -0.3 is 16.0 Å². The fourth-order valence-corrected chi connectivity index (χ4v) is 4.28. The second-order valence-corrected chi connectivity index (χ2v) is 9.50. The van der Waals surface area contributed by atoms with E-state index in [9.17, 15) is 31.9 Å². The summed E-state index contributed by atoms with van der Waals surface area (Å²) < 4.78 is 54.5. The predicted molar refractivity (Wildman–Crippen MR) is 149 cm³/mol. The Balaban J connectivity index is 1.45. The van der Waals surface area contributed by atoms with Crippen LogP contribution in [-0.2, 0) is 9.59 Å². The van der Waals surface area contributed by atoms with Crippen LogP contribution in [0.4, 0.5) is 28.9 Å². The molecule has 0 fully saturated rings. The van der Waals surface area contributed by atoms with Crippen molar-refractivity contribution < 1.29 is 31.9 Å². The van der Waals surface area contributed by atoms with Gasteiger partial charge in [0.2, 0.25) is 5.91 Å². The summed E-state index contributed by atoms with van der Waals surface area (Å²) >= 11 is 0.948. The predicted octanol–water partition coefficient (Wildman–Crippen LogP) is 6.38. The Kier molecular flexibility index (Phi) is 9.54. The molecule has 0 unspecified atom stereocenters. The molecule has 0 heterocycles. The Morgan fingerprint density at radius 2 is 1.37 bits per heavy atom. The molecule has 0 atom stereocenters. The number of nitrogens with one attached hydrogen (secondary N) is 3. The lowest BCUT2D eigenvalue weighted by Gasteiger charge is -2.12. The molecule has 0 saturated heterocycles. The van der Waals surface area contributed by atoms with Crippen molar-refractivity contribution in [3.8, 4) is 0 Å². The number of hydrogen-bond donors (Lipinski definition) is 3. The Labute approximate surface area is 236 Å². The molecule has 4 aromatic rings. The number of carbonyl (C=O) groups excluding carboxylic acids is 3. The van der Waals surface area contributed by atoms with Crippen molar-refractivity contribution in [2.24, 2.45) is 0 Å². The molecule has 6 nitrogen and oxygen atoms in total. The van der Waals surface area contributed by atoms with Gasteiger partial charge in [0.05, 0.1) is 5.75 Å². The van der Waals surface area contributed by atoms with Crippen molar-refractivity contribution >= 4 is 46.9 Å². The van der Waals surface area contributed by atoms with Crippen molar-refractivity contribution in [2.75, 3.05) is 16.4 Å². The van der Waals surface area contributed by atoms with Crippen molar-refractivity contribution in [1.29, 1.82) is 0 Å². The lowest BCUT2D eigenvalue weighted by molar-refractivity contribution is -0.114. The number of anilines is 2. The summed E-state index contributed by atoms with van der Waals surface area (Å²) in [7, 11) is 0. The minimum absolute atomic E-state index is 0.0196. The molecule has 0 radical (unpaired) electrons. The van der Waals surface area contributed by atoms with Gasteiger partial charge >= 0.3 is 0 Å². The maximum atomic E-state index is 13.8. The molecule has 41 heavy (non-hydrogen) atoms. The highest BCUT2D eigenvalue weighted by Crippen LogP contribution is 2.26. The van der Waals surface area contributed by atoms with E-state index >= 15 is 0 Å². The number of halogens is 4. The minimum Gasteiger partial charge on any atom is -0.321 e. The lowest BCUT2D eigenvalue weighted by atomic mass is 10.1. The first-order chi connectivity index (χ1) is 19.7. The first-order valence-electron chi connectivity index (χ1n) is 12.0. The molecule has 0 aliphatic rings. The number of amides is 3. The summed E-state index contributed by atoms with van der Waals surface area (Å²) in [5, 5.41) is 7.17. The van der Waals surface area contributed by atoms with Crippen LogP contribution in [-0.4, -0.2) is 23.5 Å². The lowest BCUT2D eigenvalue weighted by Crippen LogP contribution is -2.30. The summed E-state index contributed by atoms with van der Waals surface area (Å²) in [6.45, 7) is 0. The first kappa shape index (κ1) is 29.1. The molecule has 208 valence electrons. The van der Waals surface area contributed by atoms with E-state index in [1.54, 1.807) is 72.8 Å². The van der Waals surface area contributed by atoms with Gasteiger partial charge in [-0.05, 0) is 42.0 Å². The Hall–Kier alpha value is -4.90. The monoisotopic (exact) mass is 579 g/mol. The van der Waals surface area contributed by atoms with Crippen molar-refractivity contribution in [3.05, 3.63) is 131 Å². The summed E-state index contributed by atoms with van der Waals surface area (Å²) in [6.07, 6.45) is 1.52. The van der Waals surface area contributed by atoms with Gasteiger partial charge in [-0.2, -0.15) is 0 Å². The number of benzene rings is 4. The van der Waals surface area contributed by atoms with Crippen LogP contribution >= 0.6 is 11.8 Å². The minimum atomic E-state index is -1.72. The van der Waals surface area contributed by atoms with Crippen LogP contribution in [0.1, 0.15) is 15.9 Å². The Morgan fingerprint density at radius 1 is 0.732 bits per heavy atom. The van der Waals surface area contributed by atoms with Crippen LogP contribution in [0.3, 0.4) is 0 Å². The zero-order chi connectivity index (χ0) is 29.4. The molecule has 0 aliphatic heterocycles. The van der Waals surface area contributed by atoms with E-state index in [4.69, 9.17) is 0 Å². The second kappa shape index (κ2) is 13.4. The quantitative estimate of drug-likeness (QED) is 0.0929. The SMILES string of the molecule is O=C(CSc1cccc(NC(=O)/C(=C/c2ccccc2)NC(=O)c2ccccc2)c1)Nc1c(F)c(F)cc(F)c1F. The Bertz CT molecular complexity index is 1590. The average Bonchev–Trinajstić information content (AvgIpc) is 2.98. The maximum absolute atomic E-state index is 13.8. The zero-order valence-corrected chi connectivity index (χ0v) is 21.9. The molecule has 11 heteroatoms. The number of thioether (sulfide) groups is 1. The summed E-state index contributed by atoms with van der Waals surface area (Å²) in [4.78, 5) is 38.7. The molecular weight excluding hydrogens is 558 g/mol. The molecule has 0 aliphatic carbocycles. The third kappa shape index (κ3) is 7.83. The van der Waals surface area contributed by atoms with E-state index in [0.717, 1.165) is 11.8 Å². The van der Waals surface area contributed by atoms with E-state index in [0.29, 0.717) is 21.7 Å². The molecular formula is C30H21F4N3O3S. The third-order valence-corrected chi connectivity index (χ3v) is 6.47. The topological polar surface area (TPSA) is 87.3 Å². The summed E-state index contributed by atoms with van der Waals surface area (Å²) in [5.41, 5.74) is 0.125. The molecule has 4 rings (SSSR count). The molecule has 0 aromatic heterocycles. The highest BCUT2D eigenvalue weighted by atomic mass is 32.2. The molecule has 3 amide bonds. The number of hydrogen-bond acceptors (Lipinski definition) is 4. The smallest absolute Gasteiger partial charge is 0.272 e. The van der Waals surface area contributed by atoms with Crippen molar-refractivity contribution in [2.45, 2.75) is 4.90 Å². The van der Waals surface area contributed by atoms with Gasteiger partial charge in [0.15, 0.2) is 23.3 Å². The van der Waals surface area contributed by atoms with Crippen molar-refractivity contribution in [3.63, 3.8) is 0 Å². The third-order valence-electron chi connectivity index (χ3n) is 5.48. The van der Waals surface area contributed by atoms with Gasteiger partial charge in [-0.1, -0.05) is 54.6 Å². The Morgan fingerprint density at radius 3 is 2.02 bits per heavy atom. The number of rotatable bonds is 9. The van der Waals surface area contributed by atoms with Gasteiger partial charge in [0.25, 0.3) is 11.8 Å². The van der Waals surface area contributed by atoms with Crippen LogP contribution in [0.25, 0.3) is 6.08 Å². The van der Waals surface area contributed by atoms with E-state index in [2.05, 4.69) is 10.6 Å². The molecule has 0 saturated carbocycles. The second-order valence-electron chi connectivity index (χ2n) is 8.45. The van der Waals surface area contributed by atoms with Crippen LogP contribution in [0.2, 0.25) is 0 Å². The van der Waals surface area contributed by atoms with Crippen molar-refractivity contribution in [1.82, 2.24) is 5.32 Å². The van der Waals surface area contributed by atoms with E-state index in [1.807, 2.05) is 11.4 Å². The fourth-order valence-electron chi connectivity index (χ4n) is 3.53. The highest BCUT2D eigenvalue weighted by Gasteiger charge is 2.21. The fraction of sp³-hybridized carbons (Fsp3) is 0.0333. The van der Waals surface area contributed by atoms with Gasteiger partial charge in [-0.15, -0.1) is 11.8 Å². The largest absolute Gasteiger partial charge is 0.321 e. The average molecular weight is 580 g/mol. The number of carbonyl (C=O) groups is 3. The standard InChI is InChI=1S/C30H21F4N3O3S/c31-22-16-23(32)27(34)28(26(22)33)37-25(38)17-41-21-13-7-12-20(15-21)35-30(40)24(14-18-8-3-1-4-9-18)36-29(39)19-10-5-2-6-11-19/h1-16H,17H2,(H,35,40)(H,36,39)(H,37,38)/b24-14-. The zero-order valence-electron chi connectivity index (χ0n) is 21.1. The van der Waals surface area contributed by atoms with Crippen LogP contribution in [0, 0.1) is 23.3 Å². The maximum Gasteiger partial charge on any atom is 0.272 e. The van der Waals surface area contributed by atoms with Crippen LogP contribution < -0.4 is 16.0 Å². The van der Waals surface area contributed by atoms with Crippen LogP contribution in [0.15, 0.2) is 102 Å². The van der Waals surface area contributed by atoms with E-state index in [-0.39, 0.29) is 17.5 Å². The first-order valence-corrected chi connectivity index (χ1v) is 13.0. The van der Waals surface area contributed by atoms with Gasteiger partial charge in [0.1, 0.15) is 11.4 Å².